The third-order valence-electron chi connectivity index (χ3n) is 6.85. The molecule has 1 aliphatic rings. The summed E-state index contributed by atoms with van der Waals surface area (Å²) in [6.45, 7) is 5.20. The Balaban J connectivity index is 1.67. The van der Waals surface area contributed by atoms with E-state index in [1.165, 1.54) is 16.6 Å². The molecule has 1 amide bonds. The van der Waals surface area contributed by atoms with E-state index in [4.69, 9.17) is 11.6 Å². The number of anilines is 2. The van der Waals surface area contributed by atoms with E-state index in [-0.39, 0.29) is 28.5 Å². The van der Waals surface area contributed by atoms with Crippen molar-refractivity contribution >= 4 is 34.7 Å². The molecule has 1 fully saturated rings. The van der Waals surface area contributed by atoms with Crippen molar-refractivity contribution in [2.75, 3.05) is 25.0 Å². The summed E-state index contributed by atoms with van der Waals surface area (Å²) in [5.74, 6) is -1.63. The molecule has 2 aromatic heterocycles. The maximum Gasteiger partial charge on any atom is 0.274 e. The second kappa shape index (κ2) is 9.70. The van der Waals surface area contributed by atoms with Crippen molar-refractivity contribution in [1.82, 2.24) is 19.5 Å². The summed E-state index contributed by atoms with van der Waals surface area (Å²) in [4.78, 5) is 21.1. The molecule has 0 bridgehead atoms. The van der Waals surface area contributed by atoms with Crippen LogP contribution in [0.3, 0.4) is 0 Å². The normalized spacial score (nSPS) is 14.4. The first-order valence-corrected chi connectivity index (χ1v) is 12.4. The van der Waals surface area contributed by atoms with Gasteiger partial charge in [-0.3, -0.25) is 4.79 Å². The number of nitrogens with zero attached hydrogens (tertiary/aromatic N) is 5. The SMILES string of the molecule is Cc1cccc(F)c1N(C)c1cc(-c2cc(F)c(Cl)c(F)c2)nc2cc(C(=O)N3CCC(C)CC3)nn12. The van der Waals surface area contributed by atoms with Gasteiger partial charge in [0.15, 0.2) is 11.3 Å². The summed E-state index contributed by atoms with van der Waals surface area (Å²) in [5, 5.41) is 3.91. The van der Waals surface area contributed by atoms with Crippen molar-refractivity contribution in [3.63, 3.8) is 0 Å². The van der Waals surface area contributed by atoms with Gasteiger partial charge in [-0.2, -0.15) is 9.61 Å². The summed E-state index contributed by atoms with van der Waals surface area (Å²) in [6.07, 6.45) is 1.82. The lowest BCUT2D eigenvalue weighted by Crippen LogP contribution is -2.38. The monoisotopic (exact) mass is 527 g/mol. The van der Waals surface area contributed by atoms with Crippen molar-refractivity contribution in [3.8, 4) is 11.3 Å². The van der Waals surface area contributed by atoms with E-state index >= 15 is 0 Å². The van der Waals surface area contributed by atoms with Crippen LogP contribution in [0.4, 0.5) is 24.7 Å². The van der Waals surface area contributed by atoms with Crippen molar-refractivity contribution in [1.29, 1.82) is 0 Å². The average molecular weight is 528 g/mol. The zero-order valence-electron chi connectivity index (χ0n) is 20.6. The van der Waals surface area contributed by atoms with E-state index in [0.717, 1.165) is 25.0 Å². The van der Waals surface area contributed by atoms with Crippen LogP contribution in [0, 0.1) is 30.3 Å². The van der Waals surface area contributed by atoms with Crippen molar-refractivity contribution in [2.45, 2.75) is 26.7 Å². The van der Waals surface area contributed by atoms with Gasteiger partial charge in [0.25, 0.3) is 5.91 Å². The topological polar surface area (TPSA) is 53.7 Å². The Hall–Kier alpha value is -3.59. The highest BCUT2D eigenvalue weighted by Crippen LogP contribution is 2.34. The maximum absolute atomic E-state index is 14.9. The Kier molecular flexibility index (Phi) is 6.58. The number of hydrogen-bond donors (Lipinski definition) is 0. The molecule has 192 valence electrons. The second-order valence-electron chi connectivity index (χ2n) is 9.49. The van der Waals surface area contributed by atoms with Gasteiger partial charge in [0.05, 0.1) is 11.4 Å². The number of carbonyl (C=O) groups is 1. The molecule has 1 aliphatic heterocycles. The number of benzene rings is 2. The molecule has 0 N–H and O–H groups in total. The molecule has 1 saturated heterocycles. The van der Waals surface area contributed by atoms with Gasteiger partial charge in [-0.1, -0.05) is 30.7 Å². The van der Waals surface area contributed by atoms with Crippen LogP contribution in [-0.2, 0) is 0 Å². The van der Waals surface area contributed by atoms with Crippen LogP contribution in [-0.4, -0.2) is 45.5 Å². The largest absolute Gasteiger partial charge is 0.337 e. The number of aryl methyl sites for hydroxylation is 1. The van der Waals surface area contributed by atoms with E-state index in [9.17, 15) is 18.0 Å². The number of aromatic nitrogens is 3. The van der Waals surface area contributed by atoms with Gasteiger partial charge in [0, 0.05) is 37.8 Å². The number of fused-ring (bicyclic) bond motifs is 1. The van der Waals surface area contributed by atoms with Gasteiger partial charge >= 0.3 is 0 Å². The highest BCUT2D eigenvalue weighted by molar-refractivity contribution is 6.31. The molecule has 0 atom stereocenters. The van der Waals surface area contributed by atoms with E-state index in [2.05, 4.69) is 17.0 Å². The molecule has 0 spiro atoms. The highest BCUT2D eigenvalue weighted by Gasteiger charge is 2.26. The second-order valence-corrected chi connectivity index (χ2v) is 9.87. The number of halogens is 4. The molecule has 37 heavy (non-hydrogen) atoms. The van der Waals surface area contributed by atoms with Crippen LogP contribution in [0.25, 0.3) is 16.9 Å². The zero-order valence-corrected chi connectivity index (χ0v) is 21.4. The van der Waals surface area contributed by atoms with Crippen molar-refractivity contribution in [2.24, 2.45) is 5.92 Å². The van der Waals surface area contributed by atoms with Crippen LogP contribution in [0.2, 0.25) is 5.02 Å². The number of amides is 1. The fourth-order valence-electron chi connectivity index (χ4n) is 4.69. The maximum atomic E-state index is 14.9. The summed E-state index contributed by atoms with van der Waals surface area (Å²) in [5.41, 5.74) is 1.78. The van der Waals surface area contributed by atoms with Gasteiger partial charge in [0.2, 0.25) is 0 Å². The summed E-state index contributed by atoms with van der Waals surface area (Å²) in [6, 6.07) is 9.98. The van der Waals surface area contributed by atoms with Gasteiger partial charge in [-0.15, -0.1) is 0 Å². The number of carbonyl (C=O) groups excluding carboxylic acids is 1. The Morgan fingerprint density at radius 3 is 2.38 bits per heavy atom. The van der Waals surface area contributed by atoms with Crippen molar-refractivity contribution in [3.05, 3.63) is 76.2 Å². The minimum atomic E-state index is -0.929. The Bertz CT molecular complexity index is 1470. The lowest BCUT2D eigenvalue weighted by atomic mass is 9.99. The molecule has 0 saturated carbocycles. The minimum Gasteiger partial charge on any atom is -0.337 e. The Labute approximate surface area is 217 Å². The standard InChI is InChI=1S/C27H25ClF3N5O/c1-15-7-9-35(10-8-15)27(37)22-13-23-32-21(17-11-19(30)25(28)20(31)12-17)14-24(36(23)33-22)34(3)26-16(2)5-4-6-18(26)29/h4-6,11-15H,7-10H2,1-3H3. The molecule has 2 aromatic carbocycles. The van der Waals surface area contributed by atoms with Gasteiger partial charge in [0.1, 0.15) is 28.3 Å². The molecule has 0 unspecified atom stereocenters. The Morgan fingerprint density at radius 2 is 1.73 bits per heavy atom. The zero-order chi connectivity index (χ0) is 26.4. The lowest BCUT2D eigenvalue weighted by Gasteiger charge is -2.29. The molecule has 6 nitrogen and oxygen atoms in total. The molecular weight excluding hydrogens is 503 g/mol. The van der Waals surface area contributed by atoms with Crippen LogP contribution in [0.15, 0.2) is 42.5 Å². The molecule has 3 heterocycles. The highest BCUT2D eigenvalue weighted by atomic mass is 35.5. The average Bonchev–Trinajstić information content (AvgIpc) is 3.30. The van der Waals surface area contributed by atoms with Crippen LogP contribution in [0.5, 0.6) is 0 Å². The van der Waals surface area contributed by atoms with E-state index in [1.54, 1.807) is 42.0 Å². The van der Waals surface area contributed by atoms with E-state index in [0.29, 0.717) is 36.1 Å². The lowest BCUT2D eigenvalue weighted by molar-refractivity contribution is 0.0691. The smallest absolute Gasteiger partial charge is 0.274 e. The first-order chi connectivity index (χ1) is 17.6. The molecule has 4 aromatic rings. The molecule has 0 aliphatic carbocycles. The summed E-state index contributed by atoms with van der Waals surface area (Å²) < 4.78 is 44.9. The minimum absolute atomic E-state index is 0.140. The molecule has 5 rings (SSSR count). The number of hydrogen-bond acceptors (Lipinski definition) is 4. The van der Waals surface area contributed by atoms with E-state index in [1.807, 2.05) is 0 Å². The van der Waals surface area contributed by atoms with E-state index < -0.39 is 22.5 Å². The quantitative estimate of drug-likeness (QED) is 0.288. The predicted octanol–water partition coefficient (Wildman–Crippen LogP) is 6.42. The summed E-state index contributed by atoms with van der Waals surface area (Å²) >= 11 is 5.67. The Morgan fingerprint density at radius 1 is 1.05 bits per heavy atom. The fourth-order valence-corrected chi connectivity index (χ4v) is 4.80. The van der Waals surface area contributed by atoms with Crippen LogP contribution < -0.4 is 4.90 Å². The fraction of sp³-hybridized carbons (Fsp3) is 0.296. The first kappa shape index (κ1) is 25.1. The predicted molar refractivity (Wildman–Crippen MR) is 137 cm³/mol. The van der Waals surface area contributed by atoms with Gasteiger partial charge in [-0.25, -0.2) is 18.2 Å². The van der Waals surface area contributed by atoms with Gasteiger partial charge < -0.3 is 9.80 Å². The number of piperidine rings is 1. The third kappa shape index (κ3) is 4.64. The molecule has 10 heteroatoms. The van der Waals surface area contributed by atoms with Crippen molar-refractivity contribution < 1.29 is 18.0 Å². The molecule has 0 radical (unpaired) electrons. The number of rotatable bonds is 4. The number of likely N-dealkylation sites (tertiary alicyclic amines) is 1. The summed E-state index contributed by atoms with van der Waals surface area (Å²) in [7, 11) is 1.65. The van der Waals surface area contributed by atoms with Crippen LogP contribution in [0.1, 0.15) is 35.8 Å². The first-order valence-electron chi connectivity index (χ1n) is 12.0. The van der Waals surface area contributed by atoms with Crippen LogP contribution >= 0.6 is 11.6 Å². The third-order valence-corrected chi connectivity index (χ3v) is 7.21. The molecular formula is C27H25ClF3N5O. The van der Waals surface area contributed by atoms with Gasteiger partial charge in [-0.05, 0) is 49.4 Å². The number of para-hydroxylation sites is 1.